The summed E-state index contributed by atoms with van der Waals surface area (Å²) in [7, 11) is 1.78. The van der Waals surface area contributed by atoms with E-state index in [2.05, 4.69) is 26.1 Å². The molecule has 0 saturated heterocycles. The van der Waals surface area contributed by atoms with Crippen molar-refractivity contribution < 1.29 is 4.74 Å². The van der Waals surface area contributed by atoms with Crippen LogP contribution in [0.4, 0.5) is 5.82 Å². The van der Waals surface area contributed by atoms with Crippen LogP contribution in [0.3, 0.4) is 0 Å². The Bertz CT molecular complexity index is 1190. The van der Waals surface area contributed by atoms with Crippen LogP contribution in [0.2, 0.25) is 0 Å². The average Bonchev–Trinajstić information content (AvgIpc) is 3.45. The molecule has 0 amide bonds. The number of rotatable bonds is 5. The lowest BCUT2D eigenvalue weighted by Gasteiger charge is -2.28. The molecular weight excluding hydrogens is 456 g/mol. The third-order valence-corrected chi connectivity index (χ3v) is 7.01. The van der Waals surface area contributed by atoms with Crippen molar-refractivity contribution in [1.82, 2.24) is 24.4 Å². The van der Waals surface area contributed by atoms with Crippen LogP contribution in [0.25, 0.3) is 22.5 Å². The van der Waals surface area contributed by atoms with E-state index in [0.717, 1.165) is 64.9 Å². The van der Waals surface area contributed by atoms with Crippen molar-refractivity contribution >= 4 is 27.4 Å². The van der Waals surface area contributed by atoms with Gasteiger partial charge in [0.05, 0.1) is 28.2 Å². The Hall–Kier alpha value is -2.71. The van der Waals surface area contributed by atoms with Gasteiger partial charge in [0.15, 0.2) is 5.65 Å². The number of hydrogen-bond acceptors (Lipinski definition) is 5. The summed E-state index contributed by atoms with van der Waals surface area (Å²) in [6.07, 6.45) is 10.1. The fraction of sp³-hybridized carbons (Fsp3) is 0.348. The average molecular weight is 481 g/mol. The molecule has 3 heterocycles. The molecule has 1 aliphatic rings. The predicted molar refractivity (Wildman–Crippen MR) is 124 cm³/mol. The molecule has 8 heteroatoms. The highest BCUT2D eigenvalue weighted by Gasteiger charge is 2.27. The van der Waals surface area contributed by atoms with Gasteiger partial charge in [0.2, 0.25) is 0 Å². The number of hydrogen-bond donors (Lipinski definition) is 1. The van der Waals surface area contributed by atoms with E-state index in [4.69, 9.17) is 15.5 Å². The topological polar surface area (TPSA) is 83.3 Å². The third kappa shape index (κ3) is 3.74. The van der Waals surface area contributed by atoms with Gasteiger partial charge in [-0.3, -0.25) is 0 Å². The summed E-state index contributed by atoms with van der Waals surface area (Å²) in [5.74, 6) is 1.60. The van der Waals surface area contributed by atoms with E-state index in [9.17, 15) is 0 Å². The number of para-hydroxylation sites is 1. The summed E-state index contributed by atoms with van der Waals surface area (Å²) in [4.78, 5) is 5.05. The van der Waals surface area contributed by atoms with Crippen LogP contribution in [-0.2, 0) is 4.74 Å². The number of aromatic nitrogens is 5. The number of nitrogen functional groups attached to an aromatic ring is 1. The van der Waals surface area contributed by atoms with Crippen LogP contribution >= 0.6 is 15.9 Å². The van der Waals surface area contributed by atoms with Gasteiger partial charge in [-0.25, -0.2) is 9.67 Å². The molecule has 160 valence electrons. The first-order valence-electron chi connectivity index (χ1n) is 10.6. The molecule has 0 bridgehead atoms. The number of benzene rings is 1. The number of halogens is 1. The van der Waals surface area contributed by atoms with E-state index in [-0.39, 0.29) is 0 Å². The van der Waals surface area contributed by atoms with Crippen molar-refractivity contribution in [3.8, 4) is 16.8 Å². The van der Waals surface area contributed by atoms with Gasteiger partial charge < -0.3 is 10.5 Å². The van der Waals surface area contributed by atoms with Gasteiger partial charge in [0.1, 0.15) is 5.82 Å². The molecule has 0 atom stereocenters. The molecule has 3 aromatic heterocycles. The van der Waals surface area contributed by atoms with Crippen LogP contribution in [0.1, 0.15) is 37.3 Å². The highest BCUT2D eigenvalue weighted by atomic mass is 79.9. The highest BCUT2D eigenvalue weighted by molar-refractivity contribution is 9.10. The maximum atomic E-state index is 6.46. The minimum absolute atomic E-state index is 0.379. The summed E-state index contributed by atoms with van der Waals surface area (Å²) in [5, 5.41) is 9.03. The monoisotopic (exact) mass is 480 g/mol. The summed E-state index contributed by atoms with van der Waals surface area (Å²) in [5.41, 5.74) is 11.1. The Kier molecular flexibility index (Phi) is 5.50. The van der Waals surface area contributed by atoms with Crippen LogP contribution in [-0.4, -0.2) is 38.1 Å². The molecule has 1 saturated carbocycles. The molecule has 7 nitrogen and oxygen atoms in total. The first-order valence-corrected chi connectivity index (χ1v) is 11.4. The van der Waals surface area contributed by atoms with Crippen LogP contribution in [0.15, 0.2) is 53.4 Å². The first kappa shape index (κ1) is 20.2. The SMILES string of the molecule is COCC1CCC(c2nc3c(-c4cnn(-c5ccccc5)c4)cnn3c(N)c2Br)CC1. The zero-order valence-electron chi connectivity index (χ0n) is 17.4. The standard InChI is InChI=1S/C23H25BrN6O/c1-31-14-15-7-9-16(10-8-15)21-20(24)22(25)30-23(28-21)19(12-27-30)17-11-26-29(13-17)18-5-3-2-4-6-18/h2-6,11-13,15-16H,7-10,14,25H2,1H3. The lowest BCUT2D eigenvalue weighted by Crippen LogP contribution is -2.19. The minimum atomic E-state index is 0.379. The van der Waals surface area contributed by atoms with Gasteiger partial charge in [0.25, 0.3) is 0 Å². The molecule has 1 aromatic carbocycles. The predicted octanol–water partition coefficient (Wildman–Crippen LogP) is 4.85. The molecule has 1 aliphatic carbocycles. The zero-order chi connectivity index (χ0) is 21.4. The van der Waals surface area contributed by atoms with Crippen molar-refractivity contribution in [3.63, 3.8) is 0 Å². The Morgan fingerprint density at radius 3 is 2.61 bits per heavy atom. The summed E-state index contributed by atoms with van der Waals surface area (Å²) < 4.78 is 9.77. The second-order valence-corrected chi connectivity index (χ2v) is 8.97. The van der Waals surface area contributed by atoms with E-state index in [1.165, 1.54) is 0 Å². The lowest BCUT2D eigenvalue weighted by atomic mass is 9.80. The fourth-order valence-electron chi connectivity index (χ4n) is 4.51. The summed E-state index contributed by atoms with van der Waals surface area (Å²) in [6.45, 7) is 0.834. The normalized spacial score (nSPS) is 19.2. The van der Waals surface area contributed by atoms with Crippen molar-refractivity contribution in [3.05, 3.63) is 59.1 Å². The third-order valence-electron chi connectivity index (χ3n) is 6.20. The van der Waals surface area contributed by atoms with E-state index in [1.54, 1.807) is 11.6 Å². The maximum absolute atomic E-state index is 6.46. The largest absolute Gasteiger partial charge is 0.384 e. The molecule has 1 fully saturated rings. The molecule has 5 rings (SSSR count). The Labute approximate surface area is 189 Å². The van der Waals surface area contributed by atoms with Crippen molar-refractivity contribution in [2.75, 3.05) is 19.5 Å². The number of methoxy groups -OCH3 is 1. The number of nitrogens with two attached hydrogens (primary N) is 1. The molecule has 0 spiro atoms. The number of anilines is 1. The molecule has 0 unspecified atom stereocenters. The number of ether oxygens (including phenoxy) is 1. The quantitative estimate of drug-likeness (QED) is 0.441. The number of nitrogens with zero attached hydrogens (tertiary/aromatic N) is 5. The van der Waals surface area contributed by atoms with E-state index < -0.39 is 0 Å². The second-order valence-electron chi connectivity index (χ2n) is 8.17. The fourth-order valence-corrected chi connectivity index (χ4v) is 5.09. The lowest BCUT2D eigenvalue weighted by molar-refractivity contribution is 0.127. The number of fused-ring (bicyclic) bond motifs is 1. The molecule has 4 aromatic rings. The van der Waals surface area contributed by atoms with E-state index >= 15 is 0 Å². The summed E-state index contributed by atoms with van der Waals surface area (Å²) >= 11 is 3.69. The van der Waals surface area contributed by atoms with Gasteiger partial charge >= 0.3 is 0 Å². The van der Waals surface area contributed by atoms with Crippen LogP contribution in [0.5, 0.6) is 0 Å². The second kappa shape index (κ2) is 8.43. The Morgan fingerprint density at radius 1 is 1.10 bits per heavy atom. The highest BCUT2D eigenvalue weighted by Crippen LogP contribution is 2.40. The van der Waals surface area contributed by atoms with Crippen LogP contribution < -0.4 is 5.73 Å². The Balaban J connectivity index is 1.51. The minimum Gasteiger partial charge on any atom is -0.384 e. The van der Waals surface area contributed by atoms with Crippen molar-refractivity contribution in [1.29, 1.82) is 0 Å². The molecule has 0 radical (unpaired) electrons. The van der Waals surface area contributed by atoms with E-state index in [0.29, 0.717) is 17.7 Å². The van der Waals surface area contributed by atoms with Gasteiger partial charge in [-0.2, -0.15) is 14.7 Å². The smallest absolute Gasteiger partial charge is 0.165 e. The first-order chi connectivity index (χ1) is 15.2. The van der Waals surface area contributed by atoms with Crippen molar-refractivity contribution in [2.24, 2.45) is 5.92 Å². The van der Waals surface area contributed by atoms with Gasteiger partial charge in [-0.05, 0) is 59.7 Å². The van der Waals surface area contributed by atoms with Crippen molar-refractivity contribution in [2.45, 2.75) is 31.6 Å². The molecule has 31 heavy (non-hydrogen) atoms. The molecular formula is C23H25BrN6O. The van der Waals surface area contributed by atoms with Crippen LogP contribution in [0, 0.1) is 5.92 Å². The molecule has 0 aliphatic heterocycles. The van der Waals surface area contributed by atoms with Gasteiger partial charge in [-0.1, -0.05) is 18.2 Å². The van der Waals surface area contributed by atoms with Gasteiger partial charge in [-0.15, -0.1) is 0 Å². The van der Waals surface area contributed by atoms with Gasteiger partial charge in [0, 0.05) is 37.0 Å². The zero-order valence-corrected chi connectivity index (χ0v) is 19.0. The Morgan fingerprint density at radius 2 is 1.87 bits per heavy atom. The molecule has 2 N–H and O–H groups in total. The maximum Gasteiger partial charge on any atom is 0.165 e. The summed E-state index contributed by atoms with van der Waals surface area (Å²) in [6, 6.07) is 10.0. The van der Waals surface area contributed by atoms with E-state index in [1.807, 2.05) is 53.6 Å².